The van der Waals surface area contributed by atoms with E-state index in [1.54, 1.807) is 48.1 Å². The van der Waals surface area contributed by atoms with Gasteiger partial charge in [0.15, 0.2) is 11.5 Å². The standard InChI is InChI=1S/C20H25N6O5P/c1-4-10-29-20(27)15(3)25-32(28,31-16-8-6-5-7-9-16)30-14(2)11-26-13-24-17-18(21)22-12-23-19(17)26/h4-9,12-15H,1,10-11H2,2-3H3,(H,25,28)(H2,21,22,23)/t14-,15+,32?/m1/s1. The molecule has 0 saturated heterocycles. The van der Waals surface area contributed by atoms with E-state index in [2.05, 4.69) is 26.6 Å². The van der Waals surface area contributed by atoms with Crippen LogP contribution in [0, 0.1) is 0 Å². The molecule has 3 N–H and O–H groups in total. The number of benzene rings is 1. The van der Waals surface area contributed by atoms with Crippen molar-refractivity contribution in [3.63, 3.8) is 0 Å². The van der Waals surface area contributed by atoms with E-state index < -0.39 is 25.9 Å². The van der Waals surface area contributed by atoms with Crippen LogP contribution in [0.1, 0.15) is 13.8 Å². The number of carbonyl (C=O) groups is 1. The fraction of sp³-hybridized carbons (Fsp3) is 0.300. The van der Waals surface area contributed by atoms with E-state index >= 15 is 0 Å². The summed E-state index contributed by atoms with van der Waals surface area (Å²) < 4.78 is 31.7. The Labute approximate surface area is 185 Å². The molecule has 3 aromatic rings. The normalized spacial score (nSPS) is 14.9. The molecule has 0 aliphatic rings. The summed E-state index contributed by atoms with van der Waals surface area (Å²) in [7, 11) is -4.00. The number of nitrogens with zero attached hydrogens (tertiary/aromatic N) is 4. The van der Waals surface area contributed by atoms with Gasteiger partial charge in [0, 0.05) is 0 Å². The van der Waals surface area contributed by atoms with Crippen molar-refractivity contribution in [1.29, 1.82) is 0 Å². The average Bonchev–Trinajstić information content (AvgIpc) is 3.16. The molecule has 0 spiro atoms. The number of carbonyl (C=O) groups excluding carboxylic acids is 1. The average molecular weight is 460 g/mol. The third-order valence-corrected chi connectivity index (χ3v) is 6.01. The fourth-order valence-electron chi connectivity index (χ4n) is 2.83. The third-order valence-electron chi connectivity index (χ3n) is 4.22. The molecule has 0 radical (unpaired) electrons. The molecular weight excluding hydrogens is 435 g/mol. The lowest BCUT2D eigenvalue weighted by Gasteiger charge is -2.25. The van der Waals surface area contributed by atoms with E-state index in [0.717, 1.165) is 0 Å². The Morgan fingerprint density at radius 1 is 1.28 bits per heavy atom. The van der Waals surface area contributed by atoms with Crippen molar-refractivity contribution in [3.8, 4) is 5.75 Å². The number of hydrogen-bond acceptors (Lipinski definition) is 9. The second kappa shape index (κ2) is 10.4. The van der Waals surface area contributed by atoms with Crippen molar-refractivity contribution in [3.05, 3.63) is 55.6 Å². The molecule has 0 saturated carbocycles. The summed E-state index contributed by atoms with van der Waals surface area (Å²) in [4.78, 5) is 24.5. The van der Waals surface area contributed by atoms with Crippen LogP contribution in [0.3, 0.4) is 0 Å². The van der Waals surface area contributed by atoms with Crippen molar-refractivity contribution >= 4 is 30.7 Å². The number of nitrogens with two attached hydrogens (primary N) is 1. The van der Waals surface area contributed by atoms with E-state index in [9.17, 15) is 9.36 Å². The van der Waals surface area contributed by atoms with Crippen molar-refractivity contribution in [2.45, 2.75) is 32.5 Å². The number of hydrogen-bond donors (Lipinski definition) is 2. The van der Waals surface area contributed by atoms with E-state index in [1.165, 1.54) is 19.3 Å². The van der Waals surface area contributed by atoms with Crippen molar-refractivity contribution in [2.24, 2.45) is 0 Å². The highest BCUT2D eigenvalue weighted by atomic mass is 31.2. The van der Waals surface area contributed by atoms with Gasteiger partial charge in [0.25, 0.3) is 0 Å². The fourth-order valence-corrected chi connectivity index (χ4v) is 4.51. The number of aromatic nitrogens is 4. The first kappa shape index (κ1) is 23.4. The molecule has 3 rings (SSSR count). The Bertz CT molecular complexity index is 1120. The number of imidazole rings is 1. The minimum Gasteiger partial charge on any atom is -0.460 e. The molecule has 3 atom stereocenters. The zero-order chi connectivity index (χ0) is 23.1. The topological polar surface area (TPSA) is 143 Å². The van der Waals surface area contributed by atoms with Crippen molar-refractivity contribution in [2.75, 3.05) is 12.3 Å². The van der Waals surface area contributed by atoms with Crippen LogP contribution in [0.2, 0.25) is 0 Å². The Balaban J connectivity index is 1.77. The molecule has 1 unspecified atom stereocenters. The first-order chi connectivity index (χ1) is 15.3. The molecule has 2 aromatic heterocycles. The number of anilines is 1. The lowest BCUT2D eigenvalue weighted by atomic mass is 10.3. The van der Waals surface area contributed by atoms with Gasteiger partial charge in [-0.05, 0) is 26.0 Å². The number of nitrogens with one attached hydrogen (secondary N) is 1. The highest BCUT2D eigenvalue weighted by Gasteiger charge is 2.34. The summed E-state index contributed by atoms with van der Waals surface area (Å²) in [6, 6.07) is 7.55. The molecule has 170 valence electrons. The summed E-state index contributed by atoms with van der Waals surface area (Å²) in [5, 5.41) is 2.64. The van der Waals surface area contributed by atoms with Gasteiger partial charge in [0.05, 0.1) is 19.0 Å². The lowest BCUT2D eigenvalue weighted by molar-refractivity contribution is -0.144. The van der Waals surface area contributed by atoms with E-state index in [0.29, 0.717) is 16.9 Å². The monoisotopic (exact) mass is 460 g/mol. The maximum absolute atomic E-state index is 13.6. The molecule has 11 nitrogen and oxygen atoms in total. The quantitative estimate of drug-likeness (QED) is 0.249. The smallest absolute Gasteiger partial charge is 0.459 e. The molecule has 12 heteroatoms. The zero-order valence-electron chi connectivity index (χ0n) is 17.7. The van der Waals surface area contributed by atoms with E-state index in [4.69, 9.17) is 19.5 Å². The van der Waals surface area contributed by atoms with Crippen LogP contribution in [0.5, 0.6) is 5.75 Å². The Morgan fingerprint density at radius 2 is 2.03 bits per heavy atom. The van der Waals surface area contributed by atoms with Crippen molar-refractivity contribution < 1.29 is 23.1 Å². The van der Waals surface area contributed by atoms with Crippen LogP contribution in [0.25, 0.3) is 11.2 Å². The number of rotatable bonds is 11. The summed E-state index contributed by atoms with van der Waals surface area (Å²) >= 11 is 0. The van der Waals surface area contributed by atoms with Crippen LogP contribution in [-0.4, -0.2) is 44.2 Å². The minimum absolute atomic E-state index is 0.0324. The van der Waals surface area contributed by atoms with Gasteiger partial charge in [-0.15, -0.1) is 0 Å². The van der Waals surface area contributed by atoms with Gasteiger partial charge in [-0.3, -0.25) is 9.32 Å². The van der Waals surface area contributed by atoms with Gasteiger partial charge in [0.1, 0.15) is 30.2 Å². The molecule has 2 heterocycles. The molecule has 0 fully saturated rings. The summed E-state index contributed by atoms with van der Waals surface area (Å²) in [6.45, 7) is 6.98. The molecule has 1 aromatic carbocycles. The number of ether oxygens (including phenoxy) is 1. The Morgan fingerprint density at radius 3 is 2.75 bits per heavy atom. The summed E-state index contributed by atoms with van der Waals surface area (Å²) in [6.07, 6.45) is 3.70. The van der Waals surface area contributed by atoms with Crippen LogP contribution >= 0.6 is 7.75 Å². The zero-order valence-corrected chi connectivity index (χ0v) is 18.6. The molecule has 0 amide bonds. The largest absolute Gasteiger partial charge is 0.460 e. The Kier molecular flexibility index (Phi) is 7.57. The van der Waals surface area contributed by atoms with Crippen molar-refractivity contribution in [1.82, 2.24) is 24.6 Å². The van der Waals surface area contributed by atoms with E-state index in [1.807, 2.05) is 0 Å². The highest BCUT2D eigenvalue weighted by molar-refractivity contribution is 7.52. The van der Waals surface area contributed by atoms with E-state index in [-0.39, 0.29) is 19.0 Å². The first-order valence-electron chi connectivity index (χ1n) is 9.81. The molecule has 0 aliphatic heterocycles. The predicted octanol–water partition coefficient (Wildman–Crippen LogP) is 2.71. The lowest BCUT2D eigenvalue weighted by Crippen LogP contribution is -2.36. The number of esters is 1. The summed E-state index contributed by atoms with van der Waals surface area (Å²) in [5.74, 6) is -0.0458. The molecular formula is C20H25N6O5P. The molecule has 0 bridgehead atoms. The minimum atomic E-state index is -4.00. The third kappa shape index (κ3) is 5.91. The second-order valence-electron chi connectivity index (χ2n) is 6.92. The Hall–Kier alpha value is -3.27. The number of nitrogen functional groups attached to an aromatic ring is 1. The SMILES string of the molecule is C=CCOC(=O)[C@H](C)NP(=O)(Oc1ccccc1)O[C@H](C)Cn1cnc2c(N)ncnc21. The van der Waals surface area contributed by atoms with Crippen LogP contribution in [0.15, 0.2) is 55.6 Å². The van der Waals surface area contributed by atoms with Gasteiger partial charge in [-0.25, -0.2) is 19.5 Å². The van der Waals surface area contributed by atoms with Gasteiger partial charge in [-0.2, -0.15) is 5.09 Å². The molecule has 0 aliphatic carbocycles. The molecule has 32 heavy (non-hydrogen) atoms. The van der Waals surface area contributed by atoms with Crippen LogP contribution < -0.4 is 15.3 Å². The van der Waals surface area contributed by atoms with Gasteiger partial charge < -0.3 is 19.6 Å². The van der Waals surface area contributed by atoms with Gasteiger partial charge >= 0.3 is 13.7 Å². The van der Waals surface area contributed by atoms with Gasteiger partial charge in [-0.1, -0.05) is 30.9 Å². The number of fused-ring (bicyclic) bond motifs is 1. The predicted molar refractivity (Wildman–Crippen MR) is 119 cm³/mol. The summed E-state index contributed by atoms with van der Waals surface area (Å²) in [5.41, 5.74) is 6.80. The van der Waals surface area contributed by atoms with Crippen LogP contribution in [-0.2, 0) is 25.2 Å². The first-order valence-corrected chi connectivity index (χ1v) is 11.4. The maximum atomic E-state index is 13.6. The highest BCUT2D eigenvalue weighted by Crippen LogP contribution is 2.46. The number of para-hydroxylation sites is 1. The maximum Gasteiger partial charge on any atom is 0.459 e. The van der Waals surface area contributed by atoms with Gasteiger partial charge in [0.2, 0.25) is 0 Å². The second-order valence-corrected chi connectivity index (χ2v) is 8.56. The van der Waals surface area contributed by atoms with Crippen LogP contribution in [0.4, 0.5) is 5.82 Å².